The standard InChI is InChI=1S/C30H65N3/c1-18-30(14,33(17)22-19-25(2,3)4)28(10,11)21-24-32(16)29(12,13)27(8,9)20-23-31(15)26(5,6)7/h18-24H2,1-17H3. The van der Waals surface area contributed by atoms with Gasteiger partial charge in [0.25, 0.3) is 0 Å². The first kappa shape index (κ1) is 32.9. The highest BCUT2D eigenvalue weighted by Gasteiger charge is 2.45. The number of hydrogen-bond donors (Lipinski definition) is 0. The number of nitrogens with zero attached hydrogens (tertiary/aromatic N) is 3. The summed E-state index contributed by atoms with van der Waals surface area (Å²) in [6, 6.07) is 0. The molecular formula is C30H65N3. The van der Waals surface area contributed by atoms with Gasteiger partial charge in [0, 0.05) is 16.6 Å². The van der Waals surface area contributed by atoms with Crippen LogP contribution >= 0.6 is 0 Å². The fourth-order valence-corrected chi connectivity index (χ4v) is 4.62. The van der Waals surface area contributed by atoms with Crippen molar-refractivity contribution in [2.45, 2.75) is 139 Å². The summed E-state index contributed by atoms with van der Waals surface area (Å²) in [5, 5.41) is 0. The van der Waals surface area contributed by atoms with E-state index in [1.807, 2.05) is 0 Å². The lowest BCUT2D eigenvalue weighted by Gasteiger charge is -2.53. The first-order chi connectivity index (χ1) is 14.4. The Morgan fingerprint density at radius 3 is 1.27 bits per heavy atom. The van der Waals surface area contributed by atoms with Gasteiger partial charge in [-0.05, 0) is 124 Å². The molecule has 0 rings (SSSR count). The van der Waals surface area contributed by atoms with Gasteiger partial charge in [0.15, 0.2) is 0 Å². The molecule has 0 heterocycles. The minimum Gasteiger partial charge on any atom is -0.301 e. The van der Waals surface area contributed by atoms with Crippen LogP contribution in [0, 0.1) is 16.2 Å². The summed E-state index contributed by atoms with van der Waals surface area (Å²) < 4.78 is 0. The van der Waals surface area contributed by atoms with Gasteiger partial charge in [-0.1, -0.05) is 55.4 Å². The summed E-state index contributed by atoms with van der Waals surface area (Å²) in [5.74, 6) is 0. The maximum absolute atomic E-state index is 2.65. The maximum atomic E-state index is 2.65. The van der Waals surface area contributed by atoms with Crippen molar-refractivity contribution in [1.29, 1.82) is 0 Å². The highest BCUT2D eigenvalue weighted by Crippen LogP contribution is 2.43. The Labute approximate surface area is 211 Å². The van der Waals surface area contributed by atoms with E-state index in [0.717, 1.165) is 19.6 Å². The maximum Gasteiger partial charge on any atom is 0.0227 e. The van der Waals surface area contributed by atoms with Crippen molar-refractivity contribution in [3.63, 3.8) is 0 Å². The van der Waals surface area contributed by atoms with Crippen LogP contribution in [0.1, 0.15) is 123 Å². The van der Waals surface area contributed by atoms with Gasteiger partial charge in [0.1, 0.15) is 0 Å². The van der Waals surface area contributed by atoms with Crippen LogP contribution < -0.4 is 0 Å². The summed E-state index contributed by atoms with van der Waals surface area (Å²) in [7, 11) is 6.95. The third kappa shape index (κ3) is 8.80. The molecule has 200 valence electrons. The molecule has 0 aliphatic carbocycles. The van der Waals surface area contributed by atoms with Gasteiger partial charge in [0.2, 0.25) is 0 Å². The van der Waals surface area contributed by atoms with E-state index in [4.69, 9.17) is 0 Å². The fourth-order valence-electron chi connectivity index (χ4n) is 4.62. The zero-order valence-electron chi connectivity index (χ0n) is 26.3. The molecule has 1 atom stereocenters. The average molecular weight is 468 g/mol. The van der Waals surface area contributed by atoms with Crippen molar-refractivity contribution >= 4 is 0 Å². The van der Waals surface area contributed by atoms with Gasteiger partial charge >= 0.3 is 0 Å². The van der Waals surface area contributed by atoms with E-state index in [1.54, 1.807) is 0 Å². The smallest absolute Gasteiger partial charge is 0.0227 e. The normalized spacial score (nSPS) is 16.7. The largest absolute Gasteiger partial charge is 0.301 e. The average Bonchev–Trinajstić information content (AvgIpc) is 2.65. The van der Waals surface area contributed by atoms with Crippen LogP contribution in [-0.2, 0) is 0 Å². The minimum absolute atomic E-state index is 0.128. The molecule has 0 aliphatic rings. The number of rotatable bonds is 13. The Hall–Kier alpha value is -0.120. The van der Waals surface area contributed by atoms with Crippen molar-refractivity contribution in [2.75, 3.05) is 40.8 Å². The second-order valence-electron chi connectivity index (χ2n) is 15.2. The summed E-state index contributed by atoms with van der Waals surface area (Å²) in [5.41, 5.74) is 1.37. The lowest BCUT2D eigenvalue weighted by molar-refractivity contribution is -0.0264. The Balaban J connectivity index is 5.33. The van der Waals surface area contributed by atoms with Gasteiger partial charge in [0.05, 0.1) is 0 Å². The molecule has 0 N–H and O–H groups in total. The van der Waals surface area contributed by atoms with Crippen LogP contribution in [0.15, 0.2) is 0 Å². The monoisotopic (exact) mass is 468 g/mol. The second kappa shape index (κ2) is 11.3. The molecule has 0 bridgehead atoms. The molecule has 0 saturated heterocycles. The Morgan fingerprint density at radius 1 is 0.485 bits per heavy atom. The Bertz CT molecular complexity index is 576. The van der Waals surface area contributed by atoms with Crippen LogP contribution in [0.5, 0.6) is 0 Å². The van der Waals surface area contributed by atoms with Crippen LogP contribution in [-0.4, -0.2) is 72.1 Å². The number of hydrogen-bond acceptors (Lipinski definition) is 3. The molecule has 0 aromatic carbocycles. The van der Waals surface area contributed by atoms with Gasteiger partial charge < -0.3 is 14.7 Å². The Morgan fingerprint density at radius 2 is 0.879 bits per heavy atom. The fraction of sp³-hybridized carbons (Fsp3) is 1.00. The van der Waals surface area contributed by atoms with Crippen molar-refractivity contribution in [3.8, 4) is 0 Å². The van der Waals surface area contributed by atoms with Crippen LogP contribution in [0.3, 0.4) is 0 Å². The molecule has 0 spiro atoms. The molecule has 0 radical (unpaired) electrons. The predicted molar refractivity (Wildman–Crippen MR) is 151 cm³/mol. The lowest BCUT2D eigenvalue weighted by atomic mass is 9.67. The van der Waals surface area contributed by atoms with Gasteiger partial charge in [-0.3, -0.25) is 0 Å². The van der Waals surface area contributed by atoms with Crippen molar-refractivity contribution in [3.05, 3.63) is 0 Å². The highest BCUT2D eigenvalue weighted by molar-refractivity contribution is 4.99. The summed E-state index contributed by atoms with van der Waals surface area (Å²) in [6.07, 6.45) is 4.82. The quantitative estimate of drug-likeness (QED) is 0.273. The molecule has 0 aromatic heterocycles. The van der Waals surface area contributed by atoms with Crippen molar-refractivity contribution < 1.29 is 0 Å². The van der Waals surface area contributed by atoms with E-state index in [2.05, 4.69) is 133 Å². The highest BCUT2D eigenvalue weighted by atomic mass is 15.2. The minimum atomic E-state index is 0.128. The third-order valence-corrected chi connectivity index (χ3v) is 10.1. The molecule has 0 saturated carbocycles. The van der Waals surface area contributed by atoms with E-state index < -0.39 is 0 Å². The van der Waals surface area contributed by atoms with E-state index in [9.17, 15) is 0 Å². The zero-order chi connectivity index (χ0) is 26.7. The van der Waals surface area contributed by atoms with E-state index in [-0.39, 0.29) is 27.4 Å². The van der Waals surface area contributed by atoms with E-state index in [0.29, 0.717) is 5.41 Å². The molecule has 0 aliphatic heterocycles. The molecule has 0 fully saturated rings. The summed E-state index contributed by atoms with van der Waals surface area (Å²) in [4.78, 5) is 7.78. The van der Waals surface area contributed by atoms with Crippen LogP contribution in [0.4, 0.5) is 0 Å². The molecule has 0 amide bonds. The van der Waals surface area contributed by atoms with Gasteiger partial charge in [-0.25, -0.2) is 0 Å². The third-order valence-electron chi connectivity index (χ3n) is 10.1. The van der Waals surface area contributed by atoms with Crippen LogP contribution in [0.2, 0.25) is 0 Å². The molecule has 3 heteroatoms. The van der Waals surface area contributed by atoms with Gasteiger partial charge in [-0.15, -0.1) is 0 Å². The second-order valence-corrected chi connectivity index (χ2v) is 15.2. The summed E-state index contributed by atoms with van der Waals surface area (Å²) >= 11 is 0. The van der Waals surface area contributed by atoms with Crippen molar-refractivity contribution in [1.82, 2.24) is 14.7 Å². The van der Waals surface area contributed by atoms with Gasteiger partial charge in [-0.2, -0.15) is 0 Å². The molecule has 1 unspecified atom stereocenters. The van der Waals surface area contributed by atoms with Crippen LogP contribution in [0.25, 0.3) is 0 Å². The topological polar surface area (TPSA) is 9.72 Å². The molecule has 3 nitrogen and oxygen atoms in total. The van der Waals surface area contributed by atoms with Crippen molar-refractivity contribution in [2.24, 2.45) is 16.2 Å². The molecular weight excluding hydrogens is 402 g/mol. The first-order valence-electron chi connectivity index (χ1n) is 13.6. The molecule has 33 heavy (non-hydrogen) atoms. The predicted octanol–water partition coefficient (Wildman–Crippen LogP) is 7.80. The van der Waals surface area contributed by atoms with E-state index >= 15 is 0 Å². The first-order valence-corrected chi connectivity index (χ1v) is 13.6. The lowest BCUT2D eigenvalue weighted by Crippen LogP contribution is -2.57. The Kier molecular flexibility index (Phi) is 11.3. The summed E-state index contributed by atoms with van der Waals surface area (Å²) in [6.45, 7) is 37.1. The zero-order valence-corrected chi connectivity index (χ0v) is 26.3. The molecule has 0 aromatic rings. The van der Waals surface area contributed by atoms with E-state index in [1.165, 1.54) is 25.7 Å². The SMILES string of the molecule is CCC(C)(N(C)CCC(C)(C)C)C(C)(C)CCN(C)C(C)(C)C(C)(C)CCN(C)C(C)(C)C.